The molecule has 2 atom stereocenters. The van der Waals surface area contributed by atoms with E-state index in [1.165, 1.54) is 17.4 Å². The summed E-state index contributed by atoms with van der Waals surface area (Å²) < 4.78 is 5.25. The van der Waals surface area contributed by atoms with E-state index in [1.54, 1.807) is 33.7 Å². The van der Waals surface area contributed by atoms with Gasteiger partial charge in [0.1, 0.15) is 6.04 Å². The number of piperidine rings is 1. The van der Waals surface area contributed by atoms with Crippen LogP contribution in [0.1, 0.15) is 46.1 Å². The summed E-state index contributed by atoms with van der Waals surface area (Å²) in [6, 6.07) is 9.20. The molecule has 168 valence electrons. The first-order valence-corrected chi connectivity index (χ1v) is 12.2. The van der Waals surface area contributed by atoms with Gasteiger partial charge >= 0.3 is 0 Å². The Kier molecular flexibility index (Phi) is 5.49. The smallest absolute Gasteiger partial charge is 0.289 e. The van der Waals surface area contributed by atoms with Crippen molar-refractivity contribution in [2.75, 3.05) is 24.7 Å². The molecule has 3 fully saturated rings. The molecule has 8 heteroatoms. The number of rotatable bonds is 4. The van der Waals surface area contributed by atoms with Gasteiger partial charge in [0, 0.05) is 19.1 Å². The van der Waals surface area contributed by atoms with Crippen LogP contribution in [0.2, 0.25) is 0 Å². The standard InChI is InChI=1S/C24H27N3O4S/c1-15-5-6-17(12-16(15)2)21-22(26-14-32-13-20(26)28)24(30)27(21)18-7-9-25(10-8-18)23(29)19-4-3-11-31-19/h3-6,11-12,18,21-22H,7-10,13-14H2,1-2H3. The van der Waals surface area contributed by atoms with Crippen molar-refractivity contribution in [1.29, 1.82) is 0 Å². The summed E-state index contributed by atoms with van der Waals surface area (Å²) in [4.78, 5) is 43.9. The van der Waals surface area contributed by atoms with Gasteiger partial charge in [-0.25, -0.2) is 0 Å². The third kappa shape index (κ3) is 3.50. The molecule has 0 N–H and O–H groups in total. The molecule has 0 aliphatic carbocycles. The summed E-state index contributed by atoms with van der Waals surface area (Å²) in [5.41, 5.74) is 3.47. The van der Waals surface area contributed by atoms with E-state index in [1.807, 2.05) is 4.90 Å². The zero-order chi connectivity index (χ0) is 22.4. The number of carbonyl (C=O) groups excluding carboxylic acids is 3. The van der Waals surface area contributed by atoms with Crippen LogP contribution in [-0.4, -0.2) is 69.2 Å². The molecule has 1 aromatic carbocycles. The zero-order valence-electron chi connectivity index (χ0n) is 18.3. The molecule has 5 rings (SSSR count). The Labute approximate surface area is 191 Å². The van der Waals surface area contributed by atoms with Crippen molar-refractivity contribution >= 4 is 29.5 Å². The average molecular weight is 454 g/mol. The molecule has 0 bridgehead atoms. The van der Waals surface area contributed by atoms with Crippen molar-refractivity contribution in [3.05, 3.63) is 59.0 Å². The average Bonchev–Trinajstić information content (AvgIpc) is 3.47. The van der Waals surface area contributed by atoms with E-state index in [9.17, 15) is 14.4 Å². The number of benzene rings is 1. The van der Waals surface area contributed by atoms with Crippen LogP contribution in [0.5, 0.6) is 0 Å². The van der Waals surface area contributed by atoms with E-state index < -0.39 is 6.04 Å². The minimum atomic E-state index is -0.428. The number of hydrogen-bond acceptors (Lipinski definition) is 5. The lowest BCUT2D eigenvalue weighted by atomic mass is 9.83. The summed E-state index contributed by atoms with van der Waals surface area (Å²) in [5, 5.41) is 0. The Balaban J connectivity index is 1.36. The highest BCUT2D eigenvalue weighted by Crippen LogP contribution is 2.44. The Morgan fingerprint density at radius 2 is 1.84 bits per heavy atom. The molecule has 32 heavy (non-hydrogen) atoms. The normalized spacial score (nSPS) is 24.2. The maximum absolute atomic E-state index is 13.4. The molecule has 3 aliphatic rings. The van der Waals surface area contributed by atoms with E-state index >= 15 is 0 Å². The fourth-order valence-corrected chi connectivity index (χ4v) is 5.96. The Morgan fingerprint density at radius 3 is 2.47 bits per heavy atom. The molecule has 2 aromatic rings. The number of nitrogens with zero attached hydrogens (tertiary/aromatic N) is 3. The van der Waals surface area contributed by atoms with Gasteiger partial charge < -0.3 is 19.1 Å². The molecule has 3 saturated heterocycles. The first kappa shape index (κ1) is 21.1. The van der Waals surface area contributed by atoms with Gasteiger partial charge in [-0.2, -0.15) is 0 Å². The van der Waals surface area contributed by atoms with Gasteiger partial charge in [0.2, 0.25) is 11.8 Å². The molecule has 3 amide bonds. The van der Waals surface area contributed by atoms with Crippen LogP contribution in [-0.2, 0) is 9.59 Å². The van der Waals surface area contributed by atoms with Crippen LogP contribution in [0.15, 0.2) is 41.0 Å². The number of aryl methyl sites for hydroxylation is 2. The Bertz CT molecular complexity index is 1050. The first-order chi connectivity index (χ1) is 15.5. The first-order valence-electron chi connectivity index (χ1n) is 11.0. The van der Waals surface area contributed by atoms with Crippen molar-refractivity contribution in [3.63, 3.8) is 0 Å². The summed E-state index contributed by atoms with van der Waals surface area (Å²) >= 11 is 1.56. The van der Waals surface area contributed by atoms with Crippen LogP contribution in [0.3, 0.4) is 0 Å². The van der Waals surface area contributed by atoms with E-state index in [-0.39, 0.29) is 29.8 Å². The number of furan rings is 1. The quantitative estimate of drug-likeness (QED) is 0.666. The van der Waals surface area contributed by atoms with Gasteiger partial charge in [0.05, 0.1) is 23.9 Å². The van der Waals surface area contributed by atoms with Crippen LogP contribution in [0.25, 0.3) is 0 Å². The zero-order valence-corrected chi connectivity index (χ0v) is 19.1. The van der Waals surface area contributed by atoms with Gasteiger partial charge in [-0.1, -0.05) is 18.2 Å². The van der Waals surface area contributed by atoms with Crippen LogP contribution < -0.4 is 0 Å². The molecule has 4 heterocycles. The lowest BCUT2D eigenvalue weighted by Crippen LogP contribution is -2.69. The predicted octanol–water partition coefficient (Wildman–Crippen LogP) is 2.99. The van der Waals surface area contributed by atoms with E-state index in [0.29, 0.717) is 30.5 Å². The summed E-state index contributed by atoms with van der Waals surface area (Å²) in [7, 11) is 0. The maximum atomic E-state index is 13.4. The van der Waals surface area contributed by atoms with Crippen molar-refractivity contribution in [3.8, 4) is 0 Å². The van der Waals surface area contributed by atoms with Gasteiger partial charge in [-0.05, 0) is 55.5 Å². The molecule has 0 spiro atoms. The highest BCUT2D eigenvalue weighted by Gasteiger charge is 2.55. The highest BCUT2D eigenvalue weighted by molar-refractivity contribution is 8.00. The SMILES string of the molecule is Cc1ccc(C2C(N3CSCC3=O)C(=O)N2C2CCN(C(=O)c3ccco3)CC2)cc1C. The largest absolute Gasteiger partial charge is 0.459 e. The maximum Gasteiger partial charge on any atom is 0.289 e. The topological polar surface area (TPSA) is 74.1 Å². The number of carbonyl (C=O) groups is 3. The van der Waals surface area contributed by atoms with E-state index in [4.69, 9.17) is 4.42 Å². The van der Waals surface area contributed by atoms with Crippen LogP contribution in [0, 0.1) is 13.8 Å². The minimum absolute atomic E-state index is 0.0277. The molecular formula is C24H27N3O4S. The third-order valence-corrected chi connectivity index (χ3v) is 7.88. The van der Waals surface area contributed by atoms with Gasteiger partial charge in [0.25, 0.3) is 5.91 Å². The van der Waals surface area contributed by atoms with Gasteiger partial charge in [0.15, 0.2) is 5.76 Å². The lowest BCUT2D eigenvalue weighted by molar-refractivity contribution is -0.169. The molecule has 1 aromatic heterocycles. The highest BCUT2D eigenvalue weighted by atomic mass is 32.2. The number of β-lactam (4-membered cyclic amide) rings is 1. The van der Waals surface area contributed by atoms with Crippen LogP contribution in [0.4, 0.5) is 0 Å². The predicted molar refractivity (Wildman–Crippen MR) is 121 cm³/mol. The second-order valence-corrected chi connectivity index (χ2v) is 9.78. The molecular weight excluding hydrogens is 426 g/mol. The van der Waals surface area contributed by atoms with E-state index in [0.717, 1.165) is 18.4 Å². The molecule has 7 nitrogen and oxygen atoms in total. The van der Waals surface area contributed by atoms with Gasteiger partial charge in [-0.15, -0.1) is 11.8 Å². The van der Waals surface area contributed by atoms with Crippen molar-refractivity contribution in [1.82, 2.24) is 14.7 Å². The summed E-state index contributed by atoms with van der Waals surface area (Å²) in [6.07, 6.45) is 2.94. The fourth-order valence-electron chi connectivity index (χ4n) is 5.02. The molecule has 3 aliphatic heterocycles. The molecule has 2 unspecified atom stereocenters. The number of thioether (sulfide) groups is 1. The number of amides is 3. The lowest BCUT2D eigenvalue weighted by Gasteiger charge is -2.55. The minimum Gasteiger partial charge on any atom is -0.459 e. The molecule has 0 saturated carbocycles. The molecule has 0 radical (unpaired) electrons. The monoisotopic (exact) mass is 453 g/mol. The van der Waals surface area contributed by atoms with Crippen molar-refractivity contribution in [2.45, 2.75) is 44.8 Å². The third-order valence-electron chi connectivity index (χ3n) is 6.97. The Hall–Kier alpha value is -2.74. The van der Waals surface area contributed by atoms with Gasteiger partial charge in [-0.3, -0.25) is 14.4 Å². The fraction of sp³-hybridized carbons (Fsp3) is 0.458. The van der Waals surface area contributed by atoms with Crippen LogP contribution >= 0.6 is 11.8 Å². The summed E-state index contributed by atoms with van der Waals surface area (Å²) in [5.74, 6) is 1.32. The van der Waals surface area contributed by atoms with Crippen molar-refractivity contribution in [2.24, 2.45) is 0 Å². The summed E-state index contributed by atoms with van der Waals surface area (Å²) in [6.45, 7) is 5.31. The van der Waals surface area contributed by atoms with E-state index in [2.05, 4.69) is 32.0 Å². The Morgan fingerprint density at radius 1 is 1.06 bits per heavy atom. The second-order valence-electron chi connectivity index (χ2n) is 8.82. The second kappa shape index (κ2) is 8.31. The number of likely N-dealkylation sites (tertiary alicyclic amines) is 2. The number of hydrogen-bond donors (Lipinski definition) is 0. The van der Waals surface area contributed by atoms with Crippen molar-refractivity contribution < 1.29 is 18.8 Å².